The predicted molar refractivity (Wildman–Crippen MR) is 167 cm³/mol. The van der Waals surface area contributed by atoms with Crippen molar-refractivity contribution >= 4 is 52.4 Å². The van der Waals surface area contributed by atoms with Crippen LogP contribution in [-0.2, 0) is 40.0 Å². The van der Waals surface area contributed by atoms with Gasteiger partial charge in [-0.1, -0.05) is 32.0 Å². The van der Waals surface area contributed by atoms with Crippen LogP contribution in [0, 0.1) is 5.92 Å². The van der Waals surface area contributed by atoms with E-state index in [1.165, 1.54) is 0 Å². The molecule has 0 radical (unpaired) electrons. The van der Waals surface area contributed by atoms with Crippen LogP contribution in [-0.4, -0.2) is 98.1 Å². The number of carbonyl (C=O) groups is 7. The number of aliphatic carboxylic acids is 2. The fraction of sp³-hybridized carbons (Fsp3) is 0.500. The normalized spacial score (nSPS) is 15.0. The van der Waals surface area contributed by atoms with Gasteiger partial charge in [0, 0.05) is 23.5 Å². The third kappa shape index (κ3) is 12.0. The lowest BCUT2D eigenvalue weighted by atomic mass is 10.0. The Hall–Kier alpha value is -5.03. The standard InChI is InChI=1S/C30H43N7O10/c1-14(2)10-21(35-26(42)18(31)11-16-13-33-19-7-5-4-6-17(16)19)28(44)34-20(8-9-24(40)41)27(43)36-22(12-23(32)39)29(45)37-25(15(3)38)30(46)47/h4-7,13-15,18,20-22,25,33,38H,8-12,31H2,1-3H3,(H2,32,39)(H,34,44)(H,35,42)(H,36,43)(H,37,45)(H,40,41)(H,46,47)/t15-,18+,20+,21+,22+,25+/m1/s1. The van der Waals surface area contributed by atoms with E-state index in [0.717, 1.165) is 23.4 Å². The van der Waals surface area contributed by atoms with E-state index in [1.54, 1.807) is 20.0 Å². The van der Waals surface area contributed by atoms with E-state index in [4.69, 9.17) is 11.5 Å². The van der Waals surface area contributed by atoms with Gasteiger partial charge in [-0.15, -0.1) is 0 Å². The van der Waals surface area contributed by atoms with Crippen LogP contribution in [0.5, 0.6) is 0 Å². The number of fused-ring (bicyclic) bond motifs is 1. The summed E-state index contributed by atoms with van der Waals surface area (Å²) in [4.78, 5) is 90.1. The average molecular weight is 662 g/mol. The number of carboxylic acids is 2. The molecule has 17 heteroatoms. The molecule has 1 heterocycles. The summed E-state index contributed by atoms with van der Waals surface area (Å²) < 4.78 is 0. The van der Waals surface area contributed by atoms with Gasteiger partial charge in [0.25, 0.3) is 0 Å². The highest BCUT2D eigenvalue weighted by Gasteiger charge is 2.34. The van der Waals surface area contributed by atoms with E-state index in [-0.39, 0.29) is 18.8 Å². The Balaban J connectivity index is 2.22. The molecule has 0 spiro atoms. The fourth-order valence-corrected chi connectivity index (χ4v) is 4.75. The summed E-state index contributed by atoms with van der Waals surface area (Å²) in [7, 11) is 0. The number of nitrogens with one attached hydrogen (secondary N) is 5. The third-order valence-electron chi connectivity index (χ3n) is 7.16. The molecule has 5 amide bonds. The van der Waals surface area contributed by atoms with Crippen molar-refractivity contribution in [1.29, 1.82) is 0 Å². The van der Waals surface area contributed by atoms with Crippen molar-refractivity contribution in [3.05, 3.63) is 36.0 Å². The zero-order valence-corrected chi connectivity index (χ0v) is 26.3. The molecule has 0 saturated carbocycles. The van der Waals surface area contributed by atoms with E-state index >= 15 is 0 Å². The maximum atomic E-state index is 13.4. The number of para-hydroxylation sites is 1. The van der Waals surface area contributed by atoms with E-state index in [0.29, 0.717) is 0 Å². The number of aliphatic hydroxyl groups is 1. The molecular weight excluding hydrogens is 618 g/mol. The molecule has 0 aliphatic carbocycles. The molecule has 0 saturated heterocycles. The Morgan fingerprint density at radius 1 is 0.830 bits per heavy atom. The molecule has 2 aromatic rings. The second-order valence-electron chi connectivity index (χ2n) is 11.7. The van der Waals surface area contributed by atoms with Crippen molar-refractivity contribution in [1.82, 2.24) is 26.3 Å². The first kappa shape index (κ1) is 38.2. The zero-order valence-electron chi connectivity index (χ0n) is 26.3. The third-order valence-corrected chi connectivity index (χ3v) is 7.16. The first-order chi connectivity index (χ1) is 22.0. The molecule has 258 valence electrons. The Bertz CT molecular complexity index is 1460. The van der Waals surface area contributed by atoms with Crippen LogP contribution >= 0.6 is 0 Å². The fourth-order valence-electron chi connectivity index (χ4n) is 4.75. The summed E-state index contributed by atoms with van der Waals surface area (Å²) in [6, 6.07) is 0.103. The monoisotopic (exact) mass is 661 g/mol. The lowest BCUT2D eigenvalue weighted by Crippen LogP contribution is -2.59. The van der Waals surface area contributed by atoms with Crippen LogP contribution in [0.1, 0.15) is 52.0 Å². The van der Waals surface area contributed by atoms with Gasteiger partial charge in [-0.05, 0) is 43.7 Å². The molecule has 0 aliphatic heterocycles. The minimum absolute atomic E-state index is 0.118. The molecule has 0 aliphatic rings. The first-order valence-corrected chi connectivity index (χ1v) is 14.9. The second kappa shape index (κ2) is 17.6. The number of rotatable bonds is 19. The van der Waals surface area contributed by atoms with Crippen molar-refractivity contribution in [2.24, 2.45) is 17.4 Å². The maximum Gasteiger partial charge on any atom is 0.328 e. The van der Waals surface area contributed by atoms with Gasteiger partial charge < -0.3 is 53.0 Å². The zero-order chi connectivity index (χ0) is 35.4. The SMILES string of the molecule is CC(C)C[C@H](NC(=O)[C@@H](N)Cc1c[nH]c2ccccc12)C(=O)N[C@@H](CCC(=O)O)C(=O)N[C@@H](CC(N)=O)C(=O)N[C@H](C(=O)O)[C@@H](C)O. The highest BCUT2D eigenvalue weighted by molar-refractivity contribution is 5.97. The van der Waals surface area contributed by atoms with Crippen LogP contribution in [0.4, 0.5) is 0 Å². The number of primary amides is 1. The summed E-state index contributed by atoms with van der Waals surface area (Å²) in [6.07, 6.45) is -1.38. The van der Waals surface area contributed by atoms with Gasteiger partial charge in [0.1, 0.15) is 18.1 Å². The van der Waals surface area contributed by atoms with Crippen molar-refractivity contribution in [2.75, 3.05) is 0 Å². The van der Waals surface area contributed by atoms with Gasteiger partial charge in [0.05, 0.1) is 18.6 Å². The topological polar surface area (TPSA) is 296 Å². The first-order valence-electron chi connectivity index (χ1n) is 14.9. The number of H-pyrrole nitrogens is 1. The number of aromatic nitrogens is 1. The number of benzene rings is 1. The number of hydrogen-bond donors (Lipinski definition) is 10. The lowest BCUT2D eigenvalue weighted by Gasteiger charge is -2.27. The Kier molecular flexibility index (Phi) is 14.3. The molecular formula is C30H43N7O10. The molecule has 12 N–H and O–H groups in total. The predicted octanol–water partition coefficient (Wildman–Crippen LogP) is -1.77. The molecule has 47 heavy (non-hydrogen) atoms. The summed E-state index contributed by atoms with van der Waals surface area (Å²) in [6.45, 7) is 4.68. The van der Waals surface area contributed by atoms with Crippen LogP contribution in [0.25, 0.3) is 10.9 Å². The van der Waals surface area contributed by atoms with Crippen molar-refractivity contribution < 1.29 is 48.9 Å². The van der Waals surface area contributed by atoms with Crippen LogP contribution in [0.3, 0.4) is 0 Å². The number of nitrogens with two attached hydrogens (primary N) is 2. The minimum atomic E-state index is -1.79. The summed E-state index contributed by atoms with van der Waals surface area (Å²) >= 11 is 0. The van der Waals surface area contributed by atoms with Gasteiger partial charge >= 0.3 is 11.9 Å². The largest absolute Gasteiger partial charge is 0.481 e. The summed E-state index contributed by atoms with van der Waals surface area (Å²) in [5.74, 6) is -7.83. The number of carbonyl (C=O) groups excluding carboxylic acids is 5. The maximum absolute atomic E-state index is 13.4. The van der Waals surface area contributed by atoms with Gasteiger partial charge in [-0.25, -0.2) is 4.79 Å². The van der Waals surface area contributed by atoms with Crippen LogP contribution in [0.2, 0.25) is 0 Å². The molecule has 0 fully saturated rings. The quantitative estimate of drug-likeness (QED) is 0.0803. The lowest BCUT2D eigenvalue weighted by molar-refractivity contribution is -0.145. The minimum Gasteiger partial charge on any atom is -0.481 e. The summed E-state index contributed by atoms with van der Waals surface area (Å²) in [5.41, 5.74) is 13.0. The van der Waals surface area contributed by atoms with Crippen molar-refractivity contribution in [2.45, 2.75) is 89.2 Å². The average Bonchev–Trinajstić information content (AvgIpc) is 3.38. The number of aliphatic hydroxyl groups excluding tert-OH is 1. The molecule has 0 bridgehead atoms. The number of carboxylic acid groups (broad SMARTS) is 2. The highest BCUT2D eigenvalue weighted by Crippen LogP contribution is 2.19. The molecule has 1 aromatic heterocycles. The Morgan fingerprint density at radius 3 is 1.98 bits per heavy atom. The summed E-state index contributed by atoms with van der Waals surface area (Å²) in [5, 5.41) is 38.3. The van der Waals surface area contributed by atoms with Gasteiger partial charge in [-0.3, -0.25) is 28.8 Å². The molecule has 6 atom stereocenters. The van der Waals surface area contributed by atoms with E-state index < -0.39 is 97.1 Å². The number of amides is 5. The van der Waals surface area contributed by atoms with Crippen molar-refractivity contribution in [3.63, 3.8) is 0 Å². The smallest absolute Gasteiger partial charge is 0.328 e. The molecule has 17 nitrogen and oxygen atoms in total. The highest BCUT2D eigenvalue weighted by atomic mass is 16.4. The Morgan fingerprint density at radius 2 is 1.40 bits per heavy atom. The van der Waals surface area contributed by atoms with Crippen LogP contribution < -0.4 is 32.7 Å². The van der Waals surface area contributed by atoms with Gasteiger partial charge in [-0.2, -0.15) is 0 Å². The van der Waals surface area contributed by atoms with Gasteiger partial charge in [0.15, 0.2) is 6.04 Å². The van der Waals surface area contributed by atoms with Crippen molar-refractivity contribution in [3.8, 4) is 0 Å². The second-order valence-corrected chi connectivity index (χ2v) is 11.7. The molecule has 1 aromatic carbocycles. The molecule has 0 unspecified atom stereocenters. The van der Waals surface area contributed by atoms with E-state index in [2.05, 4.69) is 20.9 Å². The Labute approximate surface area is 270 Å². The number of hydrogen-bond acceptors (Lipinski definition) is 9. The number of aromatic amines is 1. The molecule has 2 rings (SSSR count). The van der Waals surface area contributed by atoms with E-state index in [1.807, 2.05) is 29.6 Å². The van der Waals surface area contributed by atoms with Gasteiger partial charge in [0.2, 0.25) is 29.5 Å². The van der Waals surface area contributed by atoms with Crippen LogP contribution in [0.15, 0.2) is 30.5 Å². The van der Waals surface area contributed by atoms with E-state index in [9.17, 15) is 48.9 Å².